The molecule has 0 aromatic heterocycles. The van der Waals surface area contributed by atoms with Crippen LogP contribution in [0.3, 0.4) is 0 Å². The molecule has 0 saturated carbocycles. The molecule has 0 bridgehead atoms. The fourth-order valence-corrected chi connectivity index (χ4v) is 3.52. The van der Waals surface area contributed by atoms with E-state index in [1.807, 2.05) is 24.8 Å². The van der Waals surface area contributed by atoms with Gasteiger partial charge in [-0.05, 0) is 30.7 Å². The average Bonchev–Trinajstić information content (AvgIpc) is 2.86. The van der Waals surface area contributed by atoms with Crippen LogP contribution in [-0.4, -0.2) is 12.4 Å². The molecule has 0 radical (unpaired) electrons. The molecule has 0 aliphatic carbocycles. The van der Waals surface area contributed by atoms with Crippen LogP contribution < -0.4 is 10.1 Å². The highest BCUT2D eigenvalue weighted by molar-refractivity contribution is 7.99. The lowest BCUT2D eigenvalue weighted by Crippen LogP contribution is -2.11. The van der Waals surface area contributed by atoms with Crippen molar-refractivity contribution in [2.45, 2.75) is 17.9 Å². The van der Waals surface area contributed by atoms with E-state index in [4.69, 9.17) is 4.74 Å². The first kappa shape index (κ1) is 13.3. The zero-order valence-electron chi connectivity index (χ0n) is 11.2. The Balaban J connectivity index is 1.85. The average molecular weight is 289 g/mol. The Hall–Kier alpha value is -1.68. The highest BCUT2D eigenvalue weighted by atomic mass is 32.2. The summed E-state index contributed by atoms with van der Waals surface area (Å²) in [6, 6.07) is 13.2. The van der Waals surface area contributed by atoms with E-state index in [1.165, 1.54) is 22.6 Å². The van der Waals surface area contributed by atoms with E-state index >= 15 is 0 Å². The molecule has 0 saturated heterocycles. The molecular formula is C16H16FNOS. The summed E-state index contributed by atoms with van der Waals surface area (Å²) in [5.41, 5.74) is 2.14. The minimum atomic E-state index is -0.278. The Kier molecular flexibility index (Phi) is 3.83. The smallest absolute Gasteiger partial charge is 0.145 e. The molecule has 1 heterocycles. The Morgan fingerprint density at radius 2 is 2.15 bits per heavy atom. The maximum absolute atomic E-state index is 13.3. The maximum atomic E-state index is 13.3. The summed E-state index contributed by atoms with van der Waals surface area (Å²) in [4.78, 5) is 1.31. The molecule has 4 heteroatoms. The fraction of sp³-hybridized carbons (Fsp3) is 0.250. The number of ether oxygens (including phenoxy) is 1. The van der Waals surface area contributed by atoms with Crippen LogP contribution in [0.2, 0.25) is 0 Å². The predicted molar refractivity (Wildman–Crippen MR) is 81.1 cm³/mol. The van der Waals surface area contributed by atoms with Gasteiger partial charge in [-0.1, -0.05) is 18.2 Å². The molecule has 0 spiro atoms. The van der Waals surface area contributed by atoms with Crippen LogP contribution in [0.15, 0.2) is 47.4 Å². The highest BCUT2D eigenvalue weighted by Gasteiger charge is 2.23. The quantitative estimate of drug-likeness (QED) is 0.896. The topological polar surface area (TPSA) is 21.3 Å². The van der Waals surface area contributed by atoms with Gasteiger partial charge < -0.3 is 10.1 Å². The first-order valence-electron chi connectivity index (χ1n) is 6.68. The van der Waals surface area contributed by atoms with Crippen molar-refractivity contribution < 1.29 is 9.13 Å². The molecule has 104 valence electrons. The van der Waals surface area contributed by atoms with Gasteiger partial charge in [0.1, 0.15) is 11.6 Å². The molecule has 1 unspecified atom stereocenters. The molecule has 1 atom stereocenters. The SMILES string of the molecule is CCOc1cc(F)ccc1NC1CSc2ccccc21. The van der Waals surface area contributed by atoms with Crippen molar-refractivity contribution in [2.75, 3.05) is 17.7 Å². The standard InChI is InChI=1S/C16H16FNOS/c1-2-19-15-9-11(17)7-8-13(15)18-14-10-20-16-6-4-3-5-12(14)16/h3-9,14,18H,2,10H2,1H3. The van der Waals surface area contributed by atoms with Gasteiger partial charge in [0.2, 0.25) is 0 Å². The second-order valence-corrected chi connectivity index (χ2v) is 5.68. The van der Waals surface area contributed by atoms with Gasteiger partial charge in [-0.25, -0.2) is 4.39 Å². The summed E-state index contributed by atoms with van der Waals surface area (Å²) in [6.07, 6.45) is 0. The summed E-state index contributed by atoms with van der Waals surface area (Å²) in [5, 5.41) is 3.47. The van der Waals surface area contributed by atoms with Crippen LogP contribution in [-0.2, 0) is 0 Å². The predicted octanol–water partition coefficient (Wildman–Crippen LogP) is 4.48. The third kappa shape index (κ3) is 2.61. The lowest BCUT2D eigenvalue weighted by molar-refractivity contribution is 0.339. The van der Waals surface area contributed by atoms with Crippen LogP contribution in [0.1, 0.15) is 18.5 Å². The van der Waals surface area contributed by atoms with Crippen molar-refractivity contribution in [3.8, 4) is 5.75 Å². The van der Waals surface area contributed by atoms with Crippen molar-refractivity contribution >= 4 is 17.4 Å². The summed E-state index contributed by atoms with van der Waals surface area (Å²) in [6.45, 7) is 2.42. The van der Waals surface area contributed by atoms with Gasteiger partial charge in [0.25, 0.3) is 0 Å². The van der Waals surface area contributed by atoms with Gasteiger partial charge in [0.15, 0.2) is 0 Å². The number of nitrogens with one attached hydrogen (secondary N) is 1. The van der Waals surface area contributed by atoms with E-state index in [9.17, 15) is 4.39 Å². The van der Waals surface area contributed by atoms with Crippen molar-refractivity contribution in [1.82, 2.24) is 0 Å². The van der Waals surface area contributed by atoms with E-state index in [2.05, 4.69) is 23.5 Å². The molecule has 0 amide bonds. The molecule has 0 fully saturated rings. The number of fused-ring (bicyclic) bond motifs is 1. The number of thioether (sulfide) groups is 1. The molecule has 1 N–H and O–H groups in total. The van der Waals surface area contributed by atoms with Gasteiger partial charge in [0.05, 0.1) is 18.3 Å². The molecule has 2 aromatic rings. The lowest BCUT2D eigenvalue weighted by Gasteiger charge is -2.18. The van der Waals surface area contributed by atoms with Crippen molar-refractivity contribution in [1.29, 1.82) is 0 Å². The fourth-order valence-electron chi connectivity index (χ4n) is 2.36. The van der Waals surface area contributed by atoms with E-state index in [0.717, 1.165) is 11.4 Å². The maximum Gasteiger partial charge on any atom is 0.145 e. The minimum Gasteiger partial charge on any atom is -0.492 e. The van der Waals surface area contributed by atoms with Crippen molar-refractivity contribution in [3.05, 3.63) is 53.8 Å². The van der Waals surface area contributed by atoms with Crippen molar-refractivity contribution in [3.63, 3.8) is 0 Å². The zero-order chi connectivity index (χ0) is 13.9. The molecule has 3 rings (SSSR count). The highest BCUT2D eigenvalue weighted by Crippen LogP contribution is 2.40. The number of hydrogen-bond acceptors (Lipinski definition) is 3. The van der Waals surface area contributed by atoms with Crippen LogP contribution >= 0.6 is 11.8 Å². The normalized spacial score (nSPS) is 16.8. The van der Waals surface area contributed by atoms with Crippen molar-refractivity contribution in [2.24, 2.45) is 0 Å². The lowest BCUT2D eigenvalue weighted by atomic mass is 10.1. The number of rotatable bonds is 4. The second kappa shape index (κ2) is 5.75. The van der Waals surface area contributed by atoms with Crippen LogP contribution in [0, 0.1) is 5.82 Å². The van der Waals surface area contributed by atoms with E-state index in [1.54, 1.807) is 6.07 Å². The van der Waals surface area contributed by atoms with Gasteiger partial charge in [-0.15, -0.1) is 11.8 Å². The largest absolute Gasteiger partial charge is 0.492 e. The van der Waals surface area contributed by atoms with Gasteiger partial charge in [-0.2, -0.15) is 0 Å². The molecule has 20 heavy (non-hydrogen) atoms. The van der Waals surface area contributed by atoms with Crippen LogP contribution in [0.5, 0.6) is 5.75 Å². The van der Waals surface area contributed by atoms with E-state index < -0.39 is 0 Å². The van der Waals surface area contributed by atoms with E-state index in [-0.39, 0.29) is 11.9 Å². The molecular weight excluding hydrogens is 273 g/mol. The summed E-state index contributed by atoms with van der Waals surface area (Å²) >= 11 is 1.84. The molecule has 2 aromatic carbocycles. The second-order valence-electron chi connectivity index (χ2n) is 4.62. The summed E-state index contributed by atoms with van der Waals surface area (Å²) in [5.74, 6) is 1.27. The Morgan fingerprint density at radius 1 is 1.30 bits per heavy atom. The monoisotopic (exact) mass is 289 g/mol. The third-order valence-electron chi connectivity index (χ3n) is 3.27. The molecule has 1 aliphatic rings. The van der Waals surface area contributed by atoms with Gasteiger partial charge in [-0.3, -0.25) is 0 Å². The summed E-state index contributed by atoms with van der Waals surface area (Å²) < 4.78 is 18.8. The number of halogens is 1. The van der Waals surface area contributed by atoms with Crippen LogP contribution in [0.4, 0.5) is 10.1 Å². The third-order valence-corrected chi connectivity index (χ3v) is 4.46. The van der Waals surface area contributed by atoms with E-state index in [0.29, 0.717) is 12.4 Å². The number of anilines is 1. The molecule has 1 aliphatic heterocycles. The molecule has 2 nitrogen and oxygen atoms in total. The first-order chi connectivity index (χ1) is 9.78. The van der Waals surface area contributed by atoms with Gasteiger partial charge >= 0.3 is 0 Å². The zero-order valence-corrected chi connectivity index (χ0v) is 12.0. The summed E-state index contributed by atoms with van der Waals surface area (Å²) in [7, 11) is 0. The minimum absolute atomic E-state index is 0.237. The Labute approximate surface area is 122 Å². The number of benzene rings is 2. The van der Waals surface area contributed by atoms with Gasteiger partial charge in [0, 0.05) is 16.7 Å². The number of hydrogen-bond donors (Lipinski definition) is 1. The Bertz CT molecular complexity index is 617. The first-order valence-corrected chi connectivity index (χ1v) is 7.67. The van der Waals surface area contributed by atoms with Crippen LogP contribution in [0.25, 0.3) is 0 Å². The Morgan fingerprint density at radius 3 is 3.00 bits per heavy atom.